The zero-order chi connectivity index (χ0) is 22.6. The predicted octanol–water partition coefficient (Wildman–Crippen LogP) is 3.42. The Balaban J connectivity index is 1.33. The number of para-hydroxylation sites is 1. The van der Waals surface area contributed by atoms with E-state index in [9.17, 15) is 9.59 Å². The number of likely N-dealkylation sites (tertiary alicyclic amines) is 1. The van der Waals surface area contributed by atoms with Gasteiger partial charge in [0.05, 0.1) is 31.3 Å². The summed E-state index contributed by atoms with van der Waals surface area (Å²) in [7, 11) is 0. The lowest BCUT2D eigenvalue weighted by Gasteiger charge is -2.39. The van der Waals surface area contributed by atoms with E-state index in [0.29, 0.717) is 30.6 Å². The Kier molecular flexibility index (Phi) is 5.19. The molecular formula is C24H24ClN3O4S. The van der Waals surface area contributed by atoms with Crippen LogP contribution in [0.1, 0.15) is 18.4 Å². The van der Waals surface area contributed by atoms with Crippen molar-refractivity contribution in [2.45, 2.75) is 23.5 Å². The number of thioether (sulfide) groups is 1. The van der Waals surface area contributed by atoms with E-state index in [-0.39, 0.29) is 17.6 Å². The highest BCUT2D eigenvalue weighted by atomic mass is 35.5. The molecule has 9 heteroatoms. The van der Waals surface area contributed by atoms with Crippen molar-refractivity contribution in [2.75, 3.05) is 48.5 Å². The van der Waals surface area contributed by atoms with Crippen molar-refractivity contribution in [3.63, 3.8) is 0 Å². The maximum atomic E-state index is 14.1. The molecule has 4 heterocycles. The number of fused-ring (bicyclic) bond motifs is 2. The molecule has 1 atom stereocenters. The summed E-state index contributed by atoms with van der Waals surface area (Å²) in [5.74, 6) is -0.404. The lowest BCUT2D eigenvalue weighted by Crippen LogP contribution is -2.53. The van der Waals surface area contributed by atoms with Crippen molar-refractivity contribution in [3.05, 3.63) is 59.1 Å². The Morgan fingerprint density at radius 1 is 1.00 bits per heavy atom. The monoisotopic (exact) mass is 485 g/mol. The van der Waals surface area contributed by atoms with Crippen LogP contribution in [0.5, 0.6) is 0 Å². The second-order valence-corrected chi connectivity index (χ2v) is 10.4. The van der Waals surface area contributed by atoms with Crippen LogP contribution in [-0.2, 0) is 23.9 Å². The molecule has 3 saturated heterocycles. The average molecular weight is 486 g/mol. The standard InChI is InChI=1S/C24H24ClN3O4S/c25-17-4-3-5-18(14-17)28-21(29)15-33-24(28)19-6-1-2-7-20(19)27(22(24)30)16-26-10-8-23(9-11-26)31-12-13-32-23/h1-7,14H,8-13,15-16H2/t24-/m0/s1. The molecule has 33 heavy (non-hydrogen) atoms. The third-order valence-corrected chi connectivity index (χ3v) is 8.52. The molecule has 172 valence electrons. The number of benzene rings is 2. The van der Waals surface area contributed by atoms with Gasteiger partial charge in [0, 0.05) is 42.2 Å². The first-order valence-corrected chi connectivity index (χ1v) is 12.5. The molecule has 7 nitrogen and oxygen atoms in total. The zero-order valence-corrected chi connectivity index (χ0v) is 19.6. The van der Waals surface area contributed by atoms with Gasteiger partial charge in [0.25, 0.3) is 5.91 Å². The summed E-state index contributed by atoms with van der Waals surface area (Å²) in [6.45, 7) is 3.31. The molecule has 2 aromatic carbocycles. The van der Waals surface area contributed by atoms with E-state index >= 15 is 0 Å². The van der Waals surface area contributed by atoms with Gasteiger partial charge in [-0.05, 0) is 24.3 Å². The molecule has 0 saturated carbocycles. The van der Waals surface area contributed by atoms with Crippen molar-refractivity contribution < 1.29 is 19.1 Å². The highest BCUT2D eigenvalue weighted by Gasteiger charge is 2.61. The Labute approximate surface area is 201 Å². The quantitative estimate of drug-likeness (QED) is 0.664. The summed E-state index contributed by atoms with van der Waals surface area (Å²) in [5.41, 5.74) is 2.34. The average Bonchev–Trinajstić information content (AvgIpc) is 3.49. The Bertz CT molecular complexity index is 1110. The topological polar surface area (TPSA) is 62.3 Å². The Hall–Kier alpha value is -2.10. The number of halogens is 1. The summed E-state index contributed by atoms with van der Waals surface area (Å²) in [6.07, 6.45) is 1.56. The largest absolute Gasteiger partial charge is 0.347 e. The number of hydrogen-bond donors (Lipinski definition) is 0. The first-order chi connectivity index (χ1) is 16.0. The molecule has 2 spiro atoms. The molecular weight excluding hydrogens is 462 g/mol. The first-order valence-electron chi connectivity index (χ1n) is 11.2. The number of hydrogen-bond acceptors (Lipinski definition) is 6. The smallest absolute Gasteiger partial charge is 0.269 e. The van der Waals surface area contributed by atoms with Gasteiger partial charge in [-0.2, -0.15) is 0 Å². The normalized spacial score (nSPS) is 26.7. The summed E-state index contributed by atoms with van der Waals surface area (Å²) >= 11 is 7.63. The minimum atomic E-state index is -1.12. The minimum absolute atomic E-state index is 0.0896. The maximum Gasteiger partial charge on any atom is 0.269 e. The van der Waals surface area contributed by atoms with Gasteiger partial charge in [-0.15, -0.1) is 11.8 Å². The molecule has 6 rings (SSSR count). The fraction of sp³-hybridized carbons (Fsp3) is 0.417. The van der Waals surface area contributed by atoms with E-state index in [1.807, 2.05) is 41.3 Å². The molecule has 0 aliphatic carbocycles. The number of piperidine rings is 1. The van der Waals surface area contributed by atoms with Gasteiger partial charge in [0.15, 0.2) is 5.79 Å². The van der Waals surface area contributed by atoms with E-state index in [1.54, 1.807) is 17.0 Å². The van der Waals surface area contributed by atoms with Gasteiger partial charge < -0.3 is 9.47 Å². The van der Waals surface area contributed by atoms with E-state index < -0.39 is 10.7 Å². The molecule has 0 unspecified atom stereocenters. The lowest BCUT2D eigenvalue weighted by atomic mass is 10.0. The SMILES string of the molecule is O=C1CS[C@@]2(C(=O)N(CN3CCC4(CC3)OCCO4)c3ccccc32)N1c1cccc(Cl)c1. The van der Waals surface area contributed by atoms with Crippen molar-refractivity contribution >= 4 is 46.6 Å². The van der Waals surface area contributed by atoms with Crippen LogP contribution in [0.15, 0.2) is 48.5 Å². The highest BCUT2D eigenvalue weighted by molar-refractivity contribution is 8.02. The van der Waals surface area contributed by atoms with Crippen LogP contribution in [-0.4, -0.2) is 61.2 Å². The fourth-order valence-corrected chi connectivity index (χ4v) is 6.88. The first kappa shape index (κ1) is 21.4. The molecule has 4 aliphatic heterocycles. The third-order valence-electron chi connectivity index (χ3n) is 6.90. The summed E-state index contributed by atoms with van der Waals surface area (Å²) in [4.78, 5) is 31.8. The zero-order valence-electron chi connectivity index (χ0n) is 18.0. The number of nitrogens with zero attached hydrogens (tertiary/aromatic N) is 3. The summed E-state index contributed by atoms with van der Waals surface area (Å²) in [6, 6.07) is 15.0. The van der Waals surface area contributed by atoms with Gasteiger partial charge in [0.1, 0.15) is 0 Å². The van der Waals surface area contributed by atoms with Gasteiger partial charge in [-0.25, -0.2) is 0 Å². The third kappa shape index (κ3) is 3.31. The van der Waals surface area contributed by atoms with Crippen molar-refractivity contribution in [1.82, 2.24) is 4.90 Å². The van der Waals surface area contributed by atoms with Crippen molar-refractivity contribution in [1.29, 1.82) is 0 Å². The molecule has 0 N–H and O–H groups in total. The van der Waals surface area contributed by atoms with Crippen LogP contribution < -0.4 is 9.80 Å². The molecule has 2 amide bonds. The van der Waals surface area contributed by atoms with Gasteiger partial charge in [-0.3, -0.25) is 24.3 Å². The van der Waals surface area contributed by atoms with Gasteiger partial charge in [-0.1, -0.05) is 35.9 Å². The second-order valence-electron chi connectivity index (χ2n) is 8.76. The summed E-state index contributed by atoms with van der Waals surface area (Å²) < 4.78 is 11.7. The highest BCUT2D eigenvalue weighted by Crippen LogP contribution is 2.55. The van der Waals surface area contributed by atoms with E-state index in [1.165, 1.54) is 11.8 Å². The number of rotatable bonds is 3. The number of ether oxygens (including phenoxy) is 2. The lowest BCUT2D eigenvalue weighted by molar-refractivity contribution is -0.185. The van der Waals surface area contributed by atoms with Crippen LogP contribution in [0.2, 0.25) is 5.02 Å². The van der Waals surface area contributed by atoms with Crippen LogP contribution in [0.25, 0.3) is 0 Å². The molecule has 0 radical (unpaired) electrons. The van der Waals surface area contributed by atoms with E-state index in [0.717, 1.165) is 37.2 Å². The number of amides is 2. The van der Waals surface area contributed by atoms with Crippen LogP contribution in [0, 0.1) is 0 Å². The fourth-order valence-electron chi connectivity index (χ4n) is 5.33. The molecule has 0 aromatic heterocycles. The second kappa shape index (κ2) is 7.99. The molecule has 4 aliphatic rings. The maximum absolute atomic E-state index is 14.1. The molecule has 3 fully saturated rings. The molecule has 0 bridgehead atoms. The van der Waals surface area contributed by atoms with Crippen LogP contribution >= 0.6 is 23.4 Å². The Morgan fingerprint density at radius 3 is 2.52 bits per heavy atom. The minimum Gasteiger partial charge on any atom is -0.347 e. The van der Waals surface area contributed by atoms with Crippen molar-refractivity contribution in [3.8, 4) is 0 Å². The number of anilines is 2. The molecule has 2 aromatic rings. The van der Waals surface area contributed by atoms with Gasteiger partial charge in [0.2, 0.25) is 10.8 Å². The summed E-state index contributed by atoms with van der Waals surface area (Å²) in [5, 5.41) is 0.529. The number of carbonyl (C=O) groups excluding carboxylic acids is 2. The predicted molar refractivity (Wildman–Crippen MR) is 127 cm³/mol. The van der Waals surface area contributed by atoms with Gasteiger partial charge >= 0.3 is 0 Å². The number of carbonyl (C=O) groups is 2. The Morgan fingerprint density at radius 2 is 1.76 bits per heavy atom. The van der Waals surface area contributed by atoms with E-state index in [4.69, 9.17) is 21.1 Å². The van der Waals surface area contributed by atoms with Crippen LogP contribution in [0.3, 0.4) is 0 Å². The van der Waals surface area contributed by atoms with Crippen molar-refractivity contribution in [2.24, 2.45) is 0 Å². The van der Waals surface area contributed by atoms with Crippen LogP contribution in [0.4, 0.5) is 11.4 Å². The van der Waals surface area contributed by atoms with E-state index in [2.05, 4.69) is 4.90 Å².